The van der Waals surface area contributed by atoms with Gasteiger partial charge in [0.05, 0.1) is 13.2 Å². The smallest absolute Gasteiger partial charge is 0.119 e. The van der Waals surface area contributed by atoms with Gasteiger partial charge in [-0.2, -0.15) is 0 Å². The molecule has 0 saturated carbocycles. The molecule has 3 nitrogen and oxygen atoms in total. The van der Waals surface area contributed by atoms with Crippen molar-refractivity contribution >= 4 is 11.6 Å². The standard InChI is InChI=1S/C13H18ClNO2/c14-11-12-2-1-3-13(10-12)17-9-6-15-4-7-16-8-5-15/h1-3,10H,4-9,11H2. The summed E-state index contributed by atoms with van der Waals surface area (Å²) in [6.45, 7) is 5.35. The van der Waals surface area contributed by atoms with Crippen LogP contribution in [0.5, 0.6) is 5.75 Å². The molecule has 0 N–H and O–H groups in total. The maximum absolute atomic E-state index is 5.78. The first-order chi connectivity index (χ1) is 8.38. The fraction of sp³-hybridized carbons (Fsp3) is 0.538. The van der Waals surface area contributed by atoms with E-state index in [0.717, 1.165) is 44.2 Å². The van der Waals surface area contributed by atoms with Gasteiger partial charge >= 0.3 is 0 Å². The zero-order valence-electron chi connectivity index (χ0n) is 9.90. The van der Waals surface area contributed by atoms with E-state index in [9.17, 15) is 0 Å². The van der Waals surface area contributed by atoms with Crippen LogP contribution in [0.25, 0.3) is 0 Å². The minimum Gasteiger partial charge on any atom is -0.492 e. The molecule has 94 valence electrons. The highest BCUT2D eigenvalue weighted by Crippen LogP contribution is 2.14. The van der Waals surface area contributed by atoms with Gasteiger partial charge in [-0.1, -0.05) is 12.1 Å². The van der Waals surface area contributed by atoms with Crippen LogP contribution in [0.2, 0.25) is 0 Å². The lowest BCUT2D eigenvalue weighted by molar-refractivity contribution is 0.0322. The summed E-state index contributed by atoms with van der Waals surface area (Å²) in [6, 6.07) is 7.94. The predicted molar refractivity (Wildman–Crippen MR) is 68.8 cm³/mol. The Morgan fingerprint density at radius 3 is 2.88 bits per heavy atom. The van der Waals surface area contributed by atoms with Gasteiger partial charge in [0.25, 0.3) is 0 Å². The number of nitrogens with zero attached hydrogens (tertiary/aromatic N) is 1. The highest BCUT2D eigenvalue weighted by Gasteiger charge is 2.09. The zero-order valence-corrected chi connectivity index (χ0v) is 10.7. The van der Waals surface area contributed by atoms with E-state index in [2.05, 4.69) is 4.90 Å². The largest absolute Gasteiger partial charge is 0.492 e. The van der Waals surface area contributed by atoms with Crippen LogP contribution < -0.4 is 4.74 Å². The van der Waals surface area contributed by atoms with E-state index in [1.54, 1.807) is 0 Å². The minimum atomic E-state index is 0.528. The van der Waals surface area contributed by atoms with Crippen LogP contribution in [0.1, 0.15) is 5.56 Å². The van der Waals surface area contributed by atoms with Gasteiger partial charge in [-0.05, 0) is 17.7 Å². The lowest BCUT2D eigenvalue weighted by Gasteiger charge is -2.26. The number of alkyl halides is 1. The quantitative estimate of drug-likeness (QED) is 0.753. The first-order valence-corrected chi connectivity index (χ1v) is 6.50. The van der Waals surface area contributed by atoms with Crippen LogP contribution in [0.3, 0.4) is 0 Å². The van der Waals surface area contributed by atoms with Crippen molar-refractivity contribution in [3.63, 3.8) is 0 Å². The molecule has 1 fully saturated rings. The van der Waals surface area contributed by atoms with Gasteiger partial charge in [0, 0.05) is 25.5 Å². The first-order valence-electron chi connectivity index (χ1n) is 5.96. The van der Waals surface area contributed by atoms with E-state index in [1.165, 1.54) is 0 Å². The van der Waals surface area contributed by atoms with Gasteiger partial charge in [0.15, 0.2) is 0 Å². The second kappa shape index (κ2) is 6.84. The average molecular weight is 256 g/mol. The molecule has 1 saturated heterocycles. The summed E-state index contributed by atoms with van der Waals surface area (Å²) in [5.74, 6) is 1.43. The van der Waals surface area contributed by atoms with E-state index in [1.807, 2.05) is 24.3 Å². The Kier molecular flexibility index (Phi) is 5.10. The summed E-state index contributed by atoms with van der Waals surface area (Å²) in [7, 11) is 0. The van der Waals surface area contributed by atoms with Gasteiger partial charge in [-0.25, -0.2) is 0 Å². The second-order valence-electron chi connectivity index (χ2n) is 4.08. The Bertz CT molecular complexity index is 340. The maximum Gasteiger partial charge on any atom is 0.119 e. The van der Waals surface area contributed by atoms with Crippen molar-refractivity contribution in [1.82, 2.24) is 4.90 Å². The molecule has 4 heteroatoms. The number of hydrogen-bond acceptors (Lipinski definition) is 3. The Balaban J connectivity index is 1.73. The topological polar surface area (TPSA) is 21.7 Å². The molecule has 0 radical (unpaired) electrons. The van der Waals surface area contributed by atoms with Crippen LogP contribution in [0.15, 0.2) is 24.3 Å². The molecule has 0 aromatic heterocycles. The summed E-state index contributed by atoms with van der Waals surface area (Å²) < 4.78 is 11.0. The number of hydrogen-bond donors (Lipinski definition) is 0. The van der Waals surface area contributed by atoms with Crippen LogP contribution in [0, 0.1) is 0 Å². The highest BCUT2D eigenvalue weighted by atomic mass is 35.5. The molecule has 2 rings (SSSR count). The Labute approximate surface area is 107 Å². The summed E-state index contributed by atoms with van der Waals surface area (Å²) in [4.78, 5) is 2.36. The molecule has 1 aromatic carbocycles. The van der Waals surface area contributed by atoms with Crippen LogP contribution in [-0.2, 0) is 10.6 Å². The average Bonchev–Trinajstić information content (AvgIpc) is 2.40. The third-order valence-corrected chi connectivity index (χ3v) is 3.14. The molecule has 1 aliphatic rings. The first kappa shape index (κ1) is 12.7. The molecular formula is C13H18ClNO2. The lowest BCUT2D eigenvalue weighted by atomic mass is 10.2. The number of benzene rings is 1. The SMILES string of the molecule is ClCc1cccc(OCCN2CCOCC2)c1. The Morgan fingerprint density at radius 2 is 2.12 bits per heavy atom. The fourth-order valence-electron chi connectivity index (χ4n) is 1.84. The van der Waals surface area contributed by atoms with Gasteiger partial charge in [-0.3, -0.25) is 4.90 Å². The van der Waals surface area contributed by atoms with Gasteiger partial charge in [0.1, 0.15) is 12.4 Å². The van der Waals surface area contributed by atoms with Crippen LogP contribution in [-0.4, -0.2) is 44.4 Å². The van der Waals surface area contributed by atoms with Crippen molar-refractivity contribution in [2.75, 3.05) is 39.5 Å². The molecule has 0 aliphatic carbocycles. The van der Waals surface area contributed by atoms with Crippen LogP contribution in [0.4, 0.5) is 0 Å². The lowest BCUT2D eigenvalue weighted by Crippen LogP contribution is -2.38. The number of ether oxygens (including phenoxy) is 2. The van der Waals surface area contributed by atoms with Crippen molar-refractivity contribution in [2.24, 2.45) is 0 Å². The van der Waals surface area contributed by atoms with Gasteiger partial charge in [0.2, 0.25) is 0 Å². The summed E-state index contributed by atoms with van der Waals surface area (Å²) in [6.07, 6.45) is 0. The second-order valence-corrected chi connectivity index (χ2v) is 4.35. The Morgan fingerprint density at radius 1 is 1.29 bits per heavy atom. The Hall–Kier alpha value is -0.770. The summed E-state index contributed by atoms with van der Waals surface area (Å²) in [5, 5.41) is 0. The summed E-state index contributed by atoms with van der Waals surface area (Å²) >= 11 is 5.78. The van der Waals surface area contributed by atoms with Crippen LogP contribution >= 0.6 is 11.6 Å². The summed E-state index contributed by atoms with van der Waals surface area (Å²) in [5.41, 5.74) is 1.09. The monoisotopic (exact) mass is 255 g/mol. The zero-order chi connectivity index (χ0) is 11.9. The van der Waals surface area contributed by atoms with Gasteiger partial charge in [-0.15, -0.1) is 11.6 Å². The molecule has 0 atom stereocenters. The molecule has 0 unspecified atom stereocenters. The van der Waals surface area contributed by atoms with Gasteiger partial charge < -0.3 is 9.47 Å². The number of morpholine rings is 1. The van der Waals surface area contributed by atoms with Crippen molar-refractivity contribution in [2.45, 2.75) is 5.88 Å². The number of halogens is 1. The van der Waals surface area contributed by atoms with E-state index in [4.69, 9.17) is 21.1 Å². The van der Waals surface area contributed by atoms with Crippen molar-refractivity contribution in [3.8, 4) is 5.75 Å². The number of rotatable bonds is 5. The minimum absolute atomic E-state index is 0.528. The third-order valence-electron chi connectivity index (χ3n) is 2.83. The van der Waals surface area contributed by atoms with E-state index in [0.29, 0.717) is 12.5 Å². The van der Waals surface area contributed by atoms with E-state index >= 15 is 0 Å². The van der Waals surface area contributed by atoms with Crippen molar-refractivity contribution in [3.05, 3.63) is 29.8 Å². The van der Waals surface area contributed by atoms with Crippen molar-refractivity contribution in [1.29, 1.82) is 0 Å². The fourth-order valence-corrected chi connectivity index (χ4v) is 2.00. The molecule has 0 bridgehead atoms. The molecular weight excluding hydrogens is 238 g/mol. The highest BCUT2D eigenvalue weighted by molar-refractivity contribution is 6.17. The molecule has 1 heterocycles. The predicted octanol–water partition coefficient (Wildman–Crippen LogP) is 2.14. The molecule has 0 spiro atoms. The molecule has 0 amide bonds. The molecule has 1 aromatic rings. The molecule has 1 aliphatic heterocycles. The van der Waals surface area contributed by atoms with E-state index in [-0.39, 0.29) is 0 Å². The van der Waals surface area contributed by atoms with Crippen molar-refractivity contribution < 1.29 is 9.47 Å². The van der Waals surface area contributed by atoms with E-state index < -0.39 is 0 Å². The third kappa shape index (κ3) is 4.19. The normalized spacial score (nSPS) is 17.0. The molecule has 17 heavy (non-hydrogen) atoms. The maximum atomic E-state index is 5.78.